The summed E-state index contributed by atoms with van der Waals surface area (Å²) < 4.78 is 1.43. The zero-order valence-corrected chi connectivity index (χ0v) is 7.75. The second-order valence-corrected chi connectivity index (χ2v) is 3.26. The number of benzene rings is 1. The number of aryl methyl sites for hydroxylation is 1. The van der Waals surface area contributed by atoms with Crippen LogP contribution in [-0.2, 0) is 7.05 Å². The first-order valence-corrected chi connectivity index (χ1v) is 4.17. The Labute approximate surface area is 79.6 Å². The molecule has 0 bridgehead atoms. The molecule has 0 amide bonds. The Morgan fingerprint density at radius 3 is 3.00 bits per heavy atom. The molecule has 2 rings (SSSR count). The van der Waals surface area contributed by atoms with Crippen LogP contribution in [-0.4, -0.2) is 9.55 Å². The van der Waals surface area contributed by atoms with Gasteiger partial charge >= 0.3 is 0 Å². The van der Waals surface area contributed by atoms with Crippen molar-refractivity contribution in [2.75, 3.05) is 0 Å². The topological polar surface area (TPSA) is 34.9 Å². The average Bonchev–Trinajstić information content (AvgIpc) is 2.12. The molecule has 0 saturated heterocycles. The van der Waals surface area contributed by atoms with Gasteiger partial charge < -0.3 is 4.57 Å². The number of rotatable bonds is 0. The maximum Gasteiger partial charge on any atom is 0.260 e. The fourth-order valence-corrected chi connectivity index (χ4v) is 1.36. The van der Waals surface area contributed by atoms with Crippen LogP contribution in [0.3, 0.4) is 0 Å². The highest BCUT2D eigenvalue weighted by Gasteiger charge is 2.01. The van der Waals surface area contributed by atoms with Gasteiger partial charge in [0.1, 0.15) is 0 Å². The van der Waals surface area contributed by atoms with Gasteiger partial charge in [0.25, 0.3) is 5.56 Å². The lowest BCUT2D eigenvalue weighted by Crippen LogP contribution is -2.16. The molecular weight excluding hydrogens is 188 g/mol. The highest BCUT2D eigenvalue weighted by molar-refractivity contribution is 6.31. The fraction of sp³-hybridized carbons (Fsp3) is 0.111. The molecule has 2 aromatic rings. The predicted octanol–water partition coefficient (Wildman–Crippen LogP) is 1.59. The summed E-state index contributed by atoms with van der Waals surface area (Å²) in [7, 11) is 1.66. The molecule has 0 saturated carbocycles. The quantitative estimate of drug-likeness (QED) is 0.639. The molecule has 0 spiro atoms. The van der Waals surface area contributed by atoms with Crippen LogP contribution in [0.1, 0.15) is 0 Å². The molecule has 0 atom stereocenters. The van der Waals surface area contributed by atoms with Gasteiger partial charge in [0.05, 0.1) is 17.2 Å². The van der Waals surface area contributed by atoms with Crippen molar-refractivity contribution in [1.82, 2.24) is 9.55 Å². The Balaban J connectivity index is 2.97. The van der Waals surface area contributed by atoms with E-state index in [1.165, 1.54) is 10.9 Å². The summed E-state index contributed by atoms with van der Waals surface area (Å²) in [5, 5.41) is 1.11. The summed E-state index contributed by atoms with van der Waals surface area (Å²) in [5.74, 6) is 0. The lowest BCUT2D eigenvalue weighted by Gasteiger charge is -1.99. The molecule has 1 heterocycles. The van der Waals surface area contributed by atoms with Gasteiger partial charge in [-0.05, 0) is 18.2 Å². The van der Waals surface area contributed by atoms with Crippen molar-refractivity contribution in [2.45, 2.75) is 0 Å². The smallest absolute Gasteiger partial charge is 0.260 e. The van der Waals surface area contributed by atoms with Crippen molar-refractivity contribution in [2.24, 2.45) is 7.05 Å². The molecule has 0 radical (unpaired) electrons. The summed E-state index contributed by atoms with van der Waals surface area (Å²) in [6.07, 6.45) is 1.50. The van der Waals surface area contributed by atoms with E-state index < -0.39 is 0 Å². The summed E-state index contributed by atoms with van der Waals surface area (Å²) in [4.78, 5) is 15.6. The monoisotopic (exact) mass is 194 g/mol. The third-order valence-corrected chi connectivity index (χ3v) is 2.11. The van der Waals surface area contributed by atoms with Crippen LogP contribution in [0.25, 0.3) is 10.9 Å². The second-order valence-electron chi connectivity index (χ2n) is 2.82. The molecule has 1 aromatic carbocycles. The first-order chi connectivity index (χ1) is 6.18. The zero-order chi connectivity index (χ0) is 9.42. The van der Waals surface area contributed by atoms with Gasteiger partial charge in [-0.1, -0.05) is 11.6 Å². The van der Waals surface area contributed by atoms with Gasteiger partial charge in [-0.2, -0.15) is 0 Å². The van der Waals surface area contributed by atoms with Gasteiger partial charge in [0.2, 0.25) is 0 Å². The minimum atomic E-state index is -0.0764. The third kappa shape index (κ3) is 1.31. The van der Waals surface area contributed by atoms with E-state index in [9.17, 15) is 4.79 Å². The van der Waals surface area contributed by atoms with Crippen LogP contribution in [0.4, 0.5) is 0 Å². The molecule has 66 valence electrons. The molecular formula is C9H7ClN2O. The van der Waals surface area contributed by atoms with Crippen molar-refractivity contribution in [3.8, 4) is 0 Å². The average molecular weight is 195 g/mol. The summed E-state index contributed by atoms with van der Waals surface area (Å²) in [6.45, 7) is 0. The summed E-state index contributed by atoms with van der Waals surface area (Å²) in [6, 6.07) is 5.08. The Kier molecular flexibility index (Phi) is 1.81. The fourth-order valence-electron chi connectivity index (χ4n) is 1.18. The third-order valence-electron chi connectivity index (χ3n) is 1.88. The Bertz CT molecular complexity index is 513. The maximum atomic E-state index is 11.5. The second kappa shape index (κ2) is 2.85. The van der Waals surface area contributed by atoms with Crippen molar-refractivity contribution in [1.29, 1.82) is 0 Å². The predicted molar refractivity (Wildman–Crippen MR) is 52.0 cm³/mol. The number of aromatic nitrogens is 2. The molecule has 4 heteroatoms. The molecule has 0 aliphatic rings. The summed E-state index contributed by atoms with van der Waals surface area (Å²) >= 11 is 5.77. The molecule has 0 aliphatic carbocycles. The van der Waals surface area contributed by atoms with Crippen LogP contribution in [0.2, 0.25) is 5.02 Å². The van der Waals surface area contributed by atoms with Crippen molar-refractivity contribution in [3.05, 3.63) is 39.9 Å². The van der Waals surface area contributed by atoms with E-state index in [1.54, 1.807) is 25.2 Å². The molecule has 0 unspecified atom stereocenters. The van der Waals surface area contributed by atoms with Gasteiger partial charge in [-0.25, -0.2) is 4.98 Å². The van der Waals surface area contributed by atoms with Crippen LogP contribution in [0.15, 0.2) is 29.3 Å². The molecule has 1 aromatic heterocycles. The Morgan fingerprint density at radius 2 is 2.23 bits per heavy atom. The van der Waals surface area contributed by atoms with Gasteiger partial charge in [-0.3, -0.25) is 4.79 Å². The van der Waals surface area contributed by atoms with E-state index in [1.807, 2.05) is 0 Å². The standard InChI is InChI=1S/C9H7ClN2O/c1-12-5-11-8-3-2-6(10)4-7(8)9(12)13/h2-5H,1H3. The molecule has 13 heavy (non-hydrogen) atoms. The SMILES string of the molecule is Cn1cnc2ccc(Cl)cc2c1=O. The summed E-state index contributed by atoms with van der Waals surface area (Å²) in [5.41, 5.74) is 0.597. The highest BCUT2D eigenvalue weighted by Crippen LogP contribution is 2.13. The van der Waals surface area contributed by atoms with E-state index in [0.717, 1.165) is 0 Å². The van der Waals surface area contributed by atoms with Crippen LogP contribution >= 0.6 is 11.6 Å². The number of hydrogen-bond donors (Lipinski definition) is 0. The molecule has 3 nitrogen and oxygen atoms in total. The van der Waals surface area contributed by atoms with Gasteiger partial charge in [0.15, 0.2) is 0 Å². The maximum absolute atomic E-state index is 11.5. The van der Waals surface area contributed by atoms with Gasteiger partial charge in [0, 0.05) is 12.1 Å². The number of fused-ring (bicyclic) bond motifs is 1. The van der Waals surface area contributed by atoms with Gasteiger partial charge in [-0.15, -0.1) is 0 Å². The number of halogens is 1. The zero-order valence-electron chi connectivity index (χ0n) is 6.99. The lowest BCUT2D eigenvalue weighted by molar-refractivity contribution is 0.843. The molecule has 0 aliphatic heterocycles. The first kappa shape index (κ1) is 8.26. The van der Waals surface area contributed by atoms with E-state index in [4.69, 9.17) is 11.6 Å². The van der Waals surface area contributed by atoms with E-state index in [2.05, 4.69) is 4.98 Å². The van der Waals surface area contributed by atoms with Crippen molar-refractivity contribution in [3.63, 3.8) is 0 Å². The van der Waals surface area contributed by atoms with E-state index in [0.29, 0.717) is 15.9 Å². The van der Waals surface area contributed by atoms with E-state index >= 15 is 0 Å². The number of hydrogen-bond acceptors (Lipinski definition) is 2. The largest absolute Gasteiger partial charge is 0.302 e. The van der Waals surface area contributed by atoms with Crippen LogP contribution in [0.5, 0.6) is 0 Å². The Hall–Kier alpha value is -1.35. The molecule has 0 fully saturated rings. The van der Waals surface area contributed by atoms with E-state index in [-0.39, 0.29) is 5.56 Å². The molecule has 0 N–H and O–H groups in total. The minimum Gasteiger partial charge on any atom is -0.302 e. The minimum absolute atomic E-state index is 0.0764. The number of nitrogens with zero attached hydrogens (tertiary/aromatic N) is 2. The van der Waals surface area contributed by atoms with Crippen molar-refractivity contribution >= 4 is 22.5 Å². The normalized spacial score (nSPS) is 10.6. The van der Waals surface area contributed by atoms with Crippen LogP contribution in [0, 0.1) is 0 Å². The highest BCUT2D eigenvalue weighted by atomic mass is 35.5. The first-order valence-electron chi connectivity index (χ1n) is 3.79. The van der Waals surface area contributed by atoms with Crippen molar-refractivity contribution < 1.29 is 0 Å². The lowest BCUT2D eigenvalue weighted by atomic mass is 10.2. The Morgan fingerprint density at radius 1 is 1.46 bits per heavy atom. The van der Waals surface area contributed by atoms with Crippen LogP contribution < -0.4 is 5.56 Å².